The Morgan fingerprint density at radius 1 is 1.27 bits per heavy atom. The number of hydrogen-bond acceptors (Lipinski definition) is 8. The summed E-state index contributed by atoms with van der Waals surface area (Å²) in [5.74, 6) is -1.36. The number of aromatic nitrogens is 1. The first-order chi connectivity index (χ1) is 13.9. The average molecular weight is 437 g/mol. The van der Waals surface area contributed by atoms with Crippen LogP contribution in [-0.2, 0) is 15.4 Å². The highest BCUT2D eigenvalue weighted by Crippen LogP contribution is 2.39. The predicted molar refractivity (Wildman–Crippen MR) is 108 cm³/mol. The molecule has 1 aromatic carbocycles. The normalized spacial score (nSPS) is 26.4. The highest BCUT2D eigenvalue weighted by Gasteiger charge is 2.49. The van der Waals surface area contributed by atoms with Crippen molar-refractivity contribution in [1.82, 2.24) is 10.5 Å². The second kappa shape index (κ2) is 6.61. The van der Waals surface area contributed by atoms with Crippen LogP contribution >= 0.6 is 0 Å². The molecular formula is C19H21F2N5O3S. The van der Waals surface area contributed by atoms with E-state index in [0.29, 0.717) is 11.4 Å². The number of fused-ring (bicyclic) bond motifs is 1. The Morgan fingerprint density at radius 2 is 2.00 bits per heavy atom. The molecule has 0 radical (unpaired) electrons. The van der Waals surface area contributed by atoms with E-state index >= 15 is 0 Å². The van der Waals surface area contributed by atoms with Gasteiger partial charge in [-0.05, 0) is 39.0 Å². The molecule has 30 heavy (non-hydrogen) atoms. The van der Waals surface area contributed by atoms with Gasteiger partial charge < -0.3 is 15.9 Å². The van der Waals surface area contributed by atoms with E-state index in [9.17, 15) is 17.2 Å². The summed E-state index contributed by atoms with van der Waals surface area (Å²) in [6.07, 6.45) is 0.446. The molecule has 2 aliphatic heterocycles. The van der Waals surface area contributed by atoms with Crippen molar-refractivity contribution < 1.29 is 22.0 Å². The molecular weight excluding hydrogens is 416 g/mol. The zero-order valence-corrected chi connectivity index (χ0v) is 17.3. The molecule has 4 N–H and O–H groups in total. The summed E-state index contributed by atoms with van der Waals surface area (Å²) in [5.41, 5.74) is 8.21. The number of nitrogens with zero attached hydrogens (tertiary/aromatic N) is 2. The van der Waals surface area contributed by atoms with Crippen molar-refractivity contribution in [1.29, 1.82) is 0 Å². The van der Waals surface area contributed by atoms with Crippen LogP contribution in [0.15, 0.2) is 35.5 Å². The summed E-state index contributed by atoms with van der Waals surface area (Å²) in [4.78, 5) is 13.6. The predicted octanol–water partition coefficient (Wildman–Crippen LogP) is 2.15. The Labute approximate surface area is 172 Å². The minimum atomic E-state index is -3.68. The van der Waals surface area contributed by atoms with Crippen molar-refractivity contribution in [2.75, 3.05) is 11.1 Å². The Bertz CT molecular complexity index is 1170. The standard InChI is InChI=1S/C19H21F2N5O3S/c1-18(2)17(22)25-19(3,9-30(18,27)28)12-7-11(4-5-13(12)21)24-16-15-14(29-26-16)6-10(20)8-23-15/h4-8,16,24,26H,9H2,1-3H3,(H2,22,25)/t16?,19-/m0/s1. The van der Waals surface area contributed by atoms with E-state index in [4.69, 9.17) is 10.6 Å². The van der Waals surface area contributed by atoms with Crippen molar-refractivity contribution >= 4 is 21.4 Å². The lowest BCUT2D eigenvalue weighted by molar-refractivity contribution is 0.202. The molecule has 0 saturated heterocycles. The van der Waals surface area contributed by atoms with Crippen LogP contribution in [0.4, 0.5) is 14.5 Å². The largest absolute Gasteiger partial charge is 0.404 e. The Hall–Kier alpha value is -2.79. The number of nitrogens with two attached hydrogens (primary N) is 1. The van der Waals surface area contributed by atoms with Crippen LogP contribution in [0.3, 0.4) is 0 Å². The molecule has 0 spiro atoms. The van der Waals surface area contributed by atoms with Gasteiger partial charge in [0.2, 0.25) is 0 Å². The SMILES string of the molecule is CC1(C)C(N)=N[C@](C)(c2cc(NC3NOc4cc(F)cnc43)ccc2F)CS1(=O)=O. The van der Waals surface area contributed by atoms with Gasteiger partial charge in [0.1, 0.15) is 33.4 Å². The summed E-state index contributed by atoms with van der Waals surface area (Å²) in [6, 6.07) is 5.37. The van der Waals surface area contributed by atoms with Crippen molar-refractivity contribution in [3.63, 3.8) is 0 Å². The lowest BCUT2D eigenvalue weighted by Gasteiger charge is -2.38. The summed E-state index contributed by atoms with van der Waals surface area (Å²) in [6.45, 7) is 4.49. The number of sulfone groups is 1. The molecule has 2 aliphatic rings. The molecule has 3 heterocycles. The van der Waals surface area contributed by atoms with Gasteiger partial charge in [-0.2, -0.15) is 0 Å². The lowest BCUT2D eigenvalue weighted by atomic mass is 9.92. The number of rotatable bonds is 3. The minimum absolute atomic E-state index is 0.0694. The van der Waals surface area contributed by atoms with E-state index in [1.165, 1.54) is 45.0 Å². The number of hydroxylamine groups is 1. The van der Waals surface area contributed by atoms with Crippen molar-refractivity contribution in [2.24, 2.45) is 10.7 Å². The number of anilines is 1. The van der Waals surface area contributed by atoms with Gasteiger partial charge in [0.25, 0.3) is 0 Å². The summed E-state index contributed by atoms with van der Waals surface area (Å²) < 4.78 is 52.3. The fourth-order valence-corrected chi connectivity index (χ4v) is 5.17. The van der Waals surface area contributed by atoms with Crippen LogP contribution in [0.2, 0.25) is 0 Å². The number of hydrogen-bond donors (Lipinski definition) is 3. The molecule has 11 heteroatoms. The number of benzene rings is 1. The molecule has 4 rings (SSSR count). The molecule has 160 valence electrons. The molecule has 2 atom stereocenters. The van der Waals surface area contributed by atoms with Gasteiger partial charge in [-0.3, -0.25) is 9.98 Å². The van der Waals surface area contributed by atoms with Crippen LogP contribution in [0.1, 0.15) is 38.2 Å². The first-order valence-corrected chi connectivity index (χ1v) is 10.8. The summed E-state index contributed by atoms with van der Waals surface area (Å²) in [5, 5.41) is 3.07. The highest BCUT2D eigenvalue weighted by atomic mass is 32.2. The van der Waals surface area contributed by atoms with Crippen molar-refractivity contribution in [2.45, 2.75) is 37.2 Å². The Kier molecular flexibility index (Phi) is 4.51. The van der Waals surface area contributed by atoms with Crippen LogP contribution in [0.5, 0.6) is 5.75 Å². The van der Waals surface area contributed by atoms with Gasteiger partial charge in [0.15, 0.2) is 21.8 Å². The number of amidine groups is 1. The van der Waals surface area contributed by atoms with E-state index in [2.05, 4.69) is 20.8 Å². The van der Waals surface area contributed by atoms with Gasteiger partial charge in [0.05, 0.1) is 11.9 Å². The molecule has 0 amide bonds. The summed E-state index contributed by atoms with van der Waals surface area (Å²) in [7, 11) is -3.68. The maximum atomic E-state index is 14.7. The number of halogens is 2. The second-order valence-corrected chi connectivity index (χ2v) is 10.6. The second-order valence-electron chi connectivity index (χ2n) is 8.07. The van der Waals surface area contributed by atoms with Crippen LogP contribution in [0.25, 0.3) is 0 Å². The monoisotopic (exact) mass is 437 g/mol. The maximum absolute atomic E-state index is 14.7. The Morgan fingerprint density at radius 3 is 2.70 bits per heavy atom. The third kappa shape index (κ3) is 3.18. The van der Waals surface area contributed by atoms with E-state index < -0.39 is 37.9 Å². The molecule has 1 unspecified atom stereocenters. The van der Waals surface area contributed by atoms with Gasteiger partial charge >= 0.3 is 0 Å². The van der Waals surface area contributed by atoms with E-state index in [1.807, 2.05) is 0 Å². The van der Waals surface area contributed by atoms with Crippen LogP contribution in [0, 0.1) is 11.6 Å². The molecule has 0 aliphatic carbocycles. The number of pyridine rings is 1. The van der Waals surface area contributed by atoms with Gasteiger partial charge in [0, 0.05) is 17.3 Å². The number of nitrogens with one attached hydrogen (secondary N) is 2. The zero-order valence-electron chi connectivity index (χ0n) is 16.5. The summed E-state index contributed by atoms with van der Waals surface area (Å²) >= 11 is 0. The molecule has 0 fully saturated rings. The maximum Gasteiger partial charge on any atom is 0.175 e. The third-order valence-electron chi connectivity index (χ3n) is 5.50. The zero-order chi connectivity index (χ0) is 21.9. The third-order valence-corrected chi connectivity index (χ3v) is 8.21. The molecule has 8 nitrogen and oxygen atoms in total. The fraction of sp³-hybridized carbons (Fsp3) is 0.368. The first kappa shape index (κ1) is 20.5. The van der Waals surface area contributed by atoms with Gasteiger partial charge in [-0.1, -0.05) is 0 Å². The molecule has 2 aromatic rings. The van der Waals surface area contributed by atoms with E-state index in [0.717, 1.165) is 6.20 Å². The molecule has 0 bridgehead atoms. The van der Waals surface area contributed by atoms with E-state index in [1.54, 1.807) is 0 Å². The van der Waals surface area contributed by atoms with Gasteiger partial charge in [-0.15, -0.1) is 5.48 Å². The topological polar surface area (TPSA) is 119 Å². The smallest absolute Gasteiger partial charge is 0.175 e. The average Bonchev–Trinajstić information content (AvgIpc) is 3.03. The van der Waals surface area contributed by atoms with Crippen LogP contribution < -0.4 is 21.4 Å². The molecule has 0 saturated carbocycles. The first-order valence-electron chi connectivity index (χ1n) is 9.15. The van der Waals surface area contributed by atoms with E-state index in [-0.39, 0.29) is 22.9 Å². The molecule has 1 aromatic heterocycles. The van der Waals surface area contributed by atoms with Crippen molar-refractivity contribution in [3.8, 4) is 5.75 Å². The minimum Gasteiger partial charge on any atom is -0.404 e. The van der Waals surface area contributed by atoms with Crippen LogP contribution in [-0.4, -0.2) is 29.7 Å². The highest BCUT2D eigenvalue weighted by molar-refractivity contribution is 7.93. The van der Waals surface area contributed by atoms with Gasteiger partial charge in [-0.25, -0.2) is 17.2 Å². The lowest BCUT2D eigenvalue weighted by Crippen LogP contribution is -2.55. The fourth-order valence-electron chi connectivity index (χ4n) is 3.48. The Balaban J connectivity index is 1.70. The quantitative estimate of drug-likeness (QED) is 0.673. The van der Waals surface area contributed by atoms with Crippen molar-refractivity contribution in [3.05, 3.63) is 53.4 Å². The number of aliphatic imine (C=N–C) groups is 1.